The minimum atomic E-state index is -0.580. The number of nitrogens with two attached hydrogens (primary N) is 1. The number of nitrogen functional groups attached to an aromatic ring is 1. The molecule has 0 fully saturated rings. The maximum atomic E-state index is 14.7. The van der Waals surface area contributed by atoms with E-state index in [1.165, 1.54) is 17.9 Å². The van der Waals surface area contributed by atoms with Crippen LogP contribution in [0.4, 0.5) is 10.2 Å². The normalized spacial score (nSPS) is 10.7. The molecule has 3 heterocycles. The fourth-order valence-corrected chi connectivity index (χ4v) is 2.68. The minimum Gasteiger partial charge on any atom is -0.494 e. The molecule has 9 heteroatoms. The van der Waals surface area contributed by atoms with Gasteiger partial charge < -0.3 is 10.5 Å². The van der Waals surface area contributed by atoms with E-state index in [0.29, 0.717) is 5.56 Å². The molecule has 1 aromatic carbocycles. The third kappa shape index (κ3) is 2.95. The molecule has 4 rings (SSSR count). The number of aromatic nitrogens is 6. The Morgan fingerprint density at radius 3 is 2.78 bits per heavy atom. The number of nitrogens with zero attached hydrogens (tertiary/aromatic N) is 6. The highest BCUT2D eigenvalue weighted by atomic mass is 19.1. The number of hydrogen-bond acceptors (Lipinski definition) is 7. The lowest BCUT2D eigenvalue weighted by Crippen LogP contribution is -2.06. The van der Waals surface area contributed by atoms with Crippen molar-refractivity contribution in [1.29, 1.82) is 0 Å². The zero-order valence-electron chi connectivity index (χ0n) is 14.2. The van der Waals surface area contributed by atoms with Crippen LogP contribution in [0.2, 0.25) is 0 Å². The van der Waals surface area contributed by atoms with Crippen LogP contribution in [0.5, 0.6) is 5.75 Å². The number of halogens is 1. The molecule has 134 valence electrons. The predicted octanol–water partition coefficient (Wildman–Crippen LogP) is 2.52. The lowest BCUT2D eigenvalue weighted by atomic mass is 10.1. The molecule has 8 nitrogen and oxygen atoms in total. The standard InChI is InChI=1S/C18H14FN7O/c1-27-15-6-2-5-14(16(15)19)26-18(23-24-25-26)13-8-12(10-22-17(13)20)11-4-3-7-21-9-11/h2-10H,1H3,(H2,20,22). The van der Waals surface area contributed by atoms with Gasteiger partial charge in [-0.05, 0) is 34.7 Å². The molecule has 0 atom stereocenters. The van der Waals surface area contributed by atoms with Gasteiger partial charge >= 0.3 is 0 Å². The van der Waals surface area contributed by atoms with Gasteiger partial charge in [0.05, 0.1) is 12.7 Å². The zero-order valence-corrected chi connectivity index (χ0v) is 14.2. The number of ether oxygens (including phenoxy) is 1. The van der Waals surface area contributed by atoms with Gasteiger partial charge in [-0.3, -0.25) is 4.98 Å². The van der Waals surface area contributed by atoms with Gasteiger partial charge in [0.2, 0.25) is 0 Å². The van der Waals surface area contributed by atoms with E-state index in [9.17, 15) is 4.39 Å². The summed E-state index contributed by atoms with van der Waals surface area (Å²) in [5, 5.41) is 11.6. The summed E-state index contributed by atoms with van der Waals surface area (Å²) in [4.78, 5) is 8.33. The van der Waals surface area contributed by atoms with Crippen LogP contribution in [-0.4, -0.2) is 37.3 Å². The summed E-state index contributed by atoms with van der Waals surface area (Å²) in [6.45, 7) is 0. The van der Waals surface area contributed by atoms with Crippen LogP contribution in [0.15, 0.2) is 55.0 Å². The Balaban J connectivity index is 1.86. The SMILES string of the molecule is COc1cccc(-n2nnnc2-c2cc(-c3cccnc3)cnc2N)c1F. The van der Waals surface area contributed by atoms with Gasteiger partial charge in [0.15, 0.2) is 17.4 Å². The number of tetrazole rings is 1. The predicted molar refractivity (Wildman–Crippen MR) is 96.5 cm³/mol. The zero-order chi connectivity index (χ0) is 18.8. The number of rotatable bonds is 4. The van der Waals surface area contributed by atoms with Crippen LogP contribution in [0.25, 0.3) is 28.2 Å². The fraction of sp³-hybridized carbons (Fsp3) is 0.0556. The van der Waals surface area contributed by atoms with E-state index in [-0.39, 0.29) is 23.1 Å². The van der Waals surface area contributed by atoms with Crippen molar-refractivity contribution in [3.63, 3.8) is 0 Å². The van der Waals surface area contributed by atoms with Crippen LogP contribution < -0.4 is 10.5 Å². The third-order valence-electron chi connectivity index (χ3n) is 4.01. The molecule has 0 saturated carbocycles. The number of pyridine rings is 2. The highest BCUT2D eigenvalue weighted by Crippen LogP contribution is 2.30. The van der Waals surface area contributed by atoms with Crippen LogP contribution in [0.3, 0.4) is 0 Å². The molecule has 0 radical (unpaired) electrons. The van der Waals surface area contributed by atoms with Crippen molar-refractivity contribution in [3.8, 4) is 34.0 Å². The van der Waals surface area contributed by atoms with E-state index < -0.39 is 5.82 Å². The highest BCUT2D eigenvalue weighted by molar-refractivity contribution is 5.76. The highest BCUT2D eigenvalue weighted by Gasteiger charge is 2.19. The molecular weight excluding hydrogens is 349 g/mol. The first-order valence-corrected chi connectivity index (χ1v) is 7.96. The van der Waals surface area contributed by atoms with Crippen LogP contribution in [0, 0.1) is 5.82 Å². The van der Waals surface area contributed by atoms with Crippen molar-refractivity contribution < 1.29 is 9.13 Å². The minimum absolute atomic E-state index is 0.0872. The number of hydrogen-bond donors (Lipinski definition) is 1. The van der Waals surface area contributed by atoms with Gasteiger partial charge in [0.25, 0.3) is 0 Å². The molecule has 0 aliphatic rings. The summed E-state index contributed by atoms with van der Waals surface area (Å²) >= 11 is 0. The van der Waals surface area contributed by atoms with Crippen LogP contribution in [0.1, 0.15) is 0 Å². The first kappa shape index (κ1) is 16.6. The van der Waals surface area contributed by atoms with Gasteiger partial charge in [0, 0.05) is 29.7 Å². The first-order valence-electron chi connectivity index (χ1n) is 7.96. The summed E-state index contributed by atoms with van der Waals surface area (Å²) in [5.41, 5.74) is 8.30. The van der Waals surface area contributed by atoms with Crippen LogP contribution >= 0.6 is 0 Å². The van der Waals surface area contributed by atoms with Gasteiger partial charge in [-0.15, -0.1) is 5.10 Å². The summed E-state index contributed by atoms with van der Waals surface area (Å²) < 4.78 is 21.0. The summed E-state index contributed by atoms with van der Waals surface area (Å²) in [7, 11) is 1.39. The van der Waals surface area contributed by atoms with Crippen molar-refractivity contribution in [2.45, 2.75) is 0 Å². The molecule has 2 N–H and O–H groups in total. The van der Waals surface area contributed by atoms with E-state index in [0.717, 1.165) is 11.1 Å². The Morgan fingerprint density at radius 1 is 1.11 bits per heavy atom. The Bertz CT molecular complexity index is 1100. The Labute approximate surface area is 153 Å². The summed E-state index contributed by atoms with van der Waals surface area (Å²) in [6, 6.07) is 10.2. The number of anilines is 1. The van der Waals surface area contributed by atoms with Crippen molar-refractivity contribution in [1.82, 2.24) is 30.2 Å². The summed E-state index contributed by atoms with van der Waals surface area (Å²) in [6.07, 6.45) is 5.03. The number of benzene rings is 1. The van der Waals surface area contributed by atoms with E-state index in [4.69, 9.17) is 10.5 Å². The lowest BCUT2D eigenvalue weighted by molar-refractivity contribution is 0.385. The second kappa shape index (κ2) is 6.79. The Hall–Kier alpha value is -3.88. The average molecular weight is 363 g/mol. The van der Waals surface area contributed by atoms with E-state index >= 15 is 0 Å². The van der Waals surface area contributed by atoms with Crippen molar-refractivity contribution >= 4 is 5.82 Å². The molecule has 0 aliphatic heterocycles. The molecule has 27 heavy (non-hydrogen) atoms. The average Bonchev–Trinajstić information content (AvgIpc) is 3.18. The first-order chi connectivity index (χ1) is 13.2. The molecule has 0 saturated heterocycles. The third-order valence-corrected chi connectivity index (χ3v) is 4.01. The molecule has 0 unspecified atom stereocenters. The van der Waals surface area contributed by atoms with Crippen LogP contribution in [-0.2, 0) is 0 Å². The van der Waals surface area contributed by atoms with Crippen molar-refractivity contribution in [3.05, 3.63) is 60.8 Å². The van der Waals surface area contributed by atoms with Gasteiger partial charge in [-0.1, -0.05) is 12.1 Å². The molecule has 0 amide bonds. The van der Waals surface area contributed by atoms with Crippen molar-refractivity contribution in [2.24, 2.45) is 0 Å². The summed E-state index contributed by atoms with van der Waals surface area (Å²) in [5.74, 6) is -0.00691. The second-order valence-electron chi connectivity index (χ2n) is 5.61. The fourth-order valence-electron chi connectivity index (χ4n) is 2.68. The van der Waals surface area contributed by atoms with E-state index in [2.05, 4.69) is 25.5 Å². The monoisotopic (exact) mass is 363 g/mol. The maximum Gasteiger partial charge on any atom is 0.190 e. The Kier molecular flexibility index (Phi) is 4.17. The molecule has 3 aromatic heterocycles. The van der Waals surface area contributed by atoms with E-state index in [1.54, 1.807) is 36.8 Å². The molecule has 4 aromatic rings. The Morgan fingerprint density at radius 2 is 2.00 bits per heavy atom. The molecule has 0 spiro atoms. The molecule has 0 aliphatic carbocycles. The quantitative estimate of drug-likeness (QED) is 0.594. The van der Waals surface area contributed by atoms with Crippen molar-refractivity contribution in [2.75, 3.05) is 12.8 Å². The topological polar surface area (TPSA) is 105 Å². The lowest BCUT2D eigenvalue weighted by Gasteiger charge is -2.10. The smallest absolute Gasteiger partial charge is 0.190 e. The maximum absolute atomic E-state index is 14.7. The largest absolute Gasteiger partial charge is 0.494 e. The molecular formula is C18H14FN7O. The van der Waals surface area contributed by atoms with Gasteiger partial charge in [-0.25, -0.2) is 9.37 Å². The second-order valence-corrected chi connectivity index (χ2v) is 5.61. The van der Waals surface area contributed by atoms with Gasteiger partial charge in [0.1, 0.15) is 11.5 Å². The molecule has 0 bridgehead atoms. The number of methoxy groups -OCH3 is 1. The van der Waals surface area contributed by atoms with Gasteiger partial charge in [-0.2, -0.15) is 4.68 Å². The van der Waals surface area contributed by atoms with E-state index in [1.807, 2.05) is 12.1 Å².